The summed E-state index contributed by atoms with van der Waals surface area (Å²) in [5, 5.41) is 6.58. The van der Waals surface area contributed by atoms with E-state index in [1.165, 1.54) is 27.1 Å². The third kappa shape index (κ3) is 5.42. The zero-order chi connectivity index (χ0) is 26.2. The number of hydrogen-bond donors (Lipinski definition) is 3. The Bertz CT molecular complexity index is 1320. The van der Waals surface area contributed by atoms with Crippen molar-refractivity contribution in [3.63, 3.8) is 0 Å². The Labute approximate surface area is 212 Å². The summed E-state index contributed by atoms with van der Waals surface area (Å²) in [5.74, 6) is 0.566. The molecule has 9 nitrogen and oxygen atoms in total. The Hall–Kier alpha value is -2.82. The smallest absolute Gasteiger partial charge is 0.418 e. The van der Waals surface area contributed by atoms with Gasteiger partial charge in [0.05, 0.1) is 30.4 Å². The van der Waals surface area contributed by atoms with Crippen molar-refractivity contribution in [1.82, 2.24) is 19.9 Å². The lowest BCUT2D eigenvalue weighted by Gasteiger charge is -2.32. The normalized spacial score (nSPS) is 18.2. The van der Waals surface area contributed by atoms with Gasteiger partial charge in [-0.05, 0) is 31.0 Å². The highest BCUT2D eigenvalue weighted by atomic mass is 31.2. The van der Waals surface area contributed by atoms with Gasteiger partial charge in [0.25, 0.3) is 0 Å². The van der Waals surface area contributed by atoms with E-state index < -0.39 is 18.9 Å². The Balaban J connectivity index is 1.42. The van der Waals surface area contributed by atoms with Crippen molar-refractivity contribution in [2.24, 2.45) is 0 Å². The average molecular weight is 539 g/mol. The number of alkyl halides is 3. The Morgan fingerprint density at radius 2 is 1.95 bits per heavy atom. The minimum Gasteiger partial charge on any atom is -0.495 e. The second-order valence-corrected chi connectivity index (χ2v) is 12.5. The Morgan fingerprint density at radius 1 is 1.19 bits per heavy atom. The maximum absolute atomic E-state index is 13.7. The van der Waals surface area contributed by atoms with E-state index in [1.807, 2.05) is 6.07 Å². The van der Waals surface area contributed by atoms with Crippen LogP contribution in [0.2, 0.25) is 0 Å². The van der Waals surface area contributed by atoms with Crippen LogP contribution in [0, 0.1) is 0 Å². The van der Waals surface area contributed by atoms with Gasteiger partial charge in [0, 0.05) is 56.6 Å². The van der Waals surface area contributed by atoms with Gasteiger partial charge in [0.2, 0.25) is 5.95 Å². The standard InChI is InChI=1S/C24H30F3N6O3P/c1-35-10-7-28-21-20-17(24(25,26)27)14-29-22(20)32-23(31-21)30-18-6-5-16(13-19(18)36-2)37(34)11-8-33(9-12-37)15-3-4-15/h5-6,13-15H,3-4,7-12H2,1-2H3,(H3,28,29,30,31,32). The number of aromatic nitrogens is 3. The molecule has 1 saturated carbocycles. The lowest BCUT2D eigenvalue weighted by molar-refractivity contribution is -0.136. The zero-order valence-electron chi connectivity index (χ0n) is 20.7. The number of halogens is 3. The first-order valence-corrected chi connectivity index (χ1v) is 14.3. The van der Waals surface area contributed by atoms with Crippen LogP contribution in [0.25, 0.3) is 11.0 Å². The molecular weight excluding hydrogens is 508 g/mol. The zero-order valence-corrected chi connectivity index (χ0v) is 21.6. The topological polar surface area (TPSA) is 104 Å². The van der Waals surface area contributed by atoms with E-state index >= 15 is 0 Å². The number of nitrogens with one attached hydrogen (secondary N) is 3. The monoisotopic (exact) mass is 538 g/mol. The van der Waals surface area contributed by atoms with Crippen molar-refractivity contribution in [1.29, 1.82) is 0 Å². The molecule has 0 spiro atoms. The SMILES string of the molecule is COCCNc1nc(Nc2ccc(P3(=O)CCN(C4CC4)CC3)cc2OC)nc2[nH]cc(C(F)(F)F)c12. The van der Waals surface area contributed by atoms with Crippen molar-refractivity contribution in [3.8, 4) is 5.75 Å². The molecule has 0 atom stereocenters. The van der Waals surface area contributed by atoms with Crippen LogP contribution in [-0.2, 0) is 15.5 Å². The van der Waals surface area contributed by atoms with Gasteiger partial charge < -0.3 is 29.7 Å². The summed E-state index contributed by atoms with van der Waals surface area (Å²) in [5.41, 5.74) is -0.306. The number of benzene rings is 1. The second-order valence-electron chi connectivity index (χ2n) is 9.35. The molecule has 3 heterocycles. The van der Waals surface area contributed by atoms with Gasteiger partial charge in [-0.15, -0.1) is 0 Å². The molecule has 0 unspecified atom stereocenters. The molecule has 1 aromatic carbocycles. The van der Waals surface area contributed by atoms with E-state index in [4.69, 9.17) is 9.47 Å². The van der Waals surface area contributed by atoms with E-state index in [-0.39, 0.29) is 36.0 Å². The molecule has 2 fully saturated rings. The van der Waals surface area contributed by atoms with E-state index in [0.717, 1.165) is 24.6 Å². The first kappa shape index (κ1) is 25.8. The number of aromatic amines is 1. The Kier molecular flexibility index (Phi) is 7.08. The molecular formula is C24H30F3N6O3P. The number of H-pyrrole nitrogens is 1. The fourth-order valence-electron chi connectivity index (χ4n) is 4.74. The first-order chi connectivity index (χ1) is 17.7. The summed E-state index contributed by atoms with van der Waals surface area (Å²) in [4.78, 5) is 13.6. The van der Waals surface area contributed by atoms with Gasteiger partial charge in [-0.25, -0.2) is 0 Å². The van der Waals surface area contributed by atoms with Crippen LogP contribution in [0.4, 0.5) is 30.6 Å². The second kappa shape index (κ2) is 10.2. The lowest BCUT2D eigenvalue weighted by Crippen LogP contribution is -2.38. The molecule has 0 bridgehead atoms. The number of ether oxygens (including phenoxy) is 2. The summed E-state index contributed by atoms with van der Waals surface area (Å²) in [6.45, 7) is 2.23. The summed E-state index contributed by atoms with van der Waals surface area (Å²) in [7, 11) is 0.474. The van der Waals surface area contributed by atoms with Crippen LogP contribution < -0.4 is 20.7 Å². The quantitative estimate of drug-likeness (QED) is 0.274. The van der Waals surface area contributed by atoms with Gasteiger partial charge in [-0.1, -0.05) is 0 Å². The molecule has 13 heteroatoms. The van der Waals surface area contributed by atoms with Crippen molar-refractivity contribution >= 4 is 40.9 Å². The third-order valence-electron chi connectivity index (χ3n) is 6.90. The van der Waals surface area contributed by atoms with Gasteiger partial charge in [-0.2, -0.15) is 23.1 Å². The number of rotatable bonds is 9. The molecule has 0 amide bonds. The maximum atomic E-state index is 13.7. The molecule has 2 aromatic heterocycles. The van der Waals surface area contributed by atoms with Gasteiger partial charge in [0.15, 0.2) is 0 Å². The summed E-state index contributed by atoms with van der Waals surface area (Å²) >= 11 is 0. The maximum Gasteiger partial charge on any atom is 0.418 e. The van der Waals surface area contributed by atoms with Gasteiger partial charge in [0.1, 0.15) is 24.4 Å². The number of methoxy groups -OCH3 is 2. The van der Waals surface area contributed by atoms with Crippen LogP contribution in [0.15, 0.2) is 24.4 Å². The molecule has 1 saturated heterocycles. The average Bonchev–Trinajstić information content (AvgIpc) is 3.62. The molecule has 37 heavy (non-hydrogen) atoms. The largest absolute Gasteiger partial charge is 0.495 e. The fourth-order valence-corrected chi connectivity index (χ4v) is 7.33. The van der Waals surface area contributed by atoms with Crippen LogP contribution in [0.5, 0.6) is 5.75 Å². The molecule has 3 aromatic rings. The molecule has 5 rings (SSSR count). The van der Waals surface area contributed by atoms with E-state index in [1.54, 1.807) is 12.1 Å². The van der Waals surface area contributed by atoms with E-state index in [0.29, 0.717) is 29.8 Å². The van der Waals surface area contributed by atoms with Crippen LogP contribution >= 0.6 is 7.14 Å². The molecule has 3 N–H and O–H groups in total. The van der Waals surface area contributed by atoms with Crippen LogP contribution in [-0.4, -0.2) is 78.7 Å². The van der Waals surface area contributed by atoms with Gasteiger partial charge >= 0.3 is 6.18 Å². The minimum atomic E-state index is -4.57. The number of hydrogen-bond acceptors (Lipinski definition) is 8. The number of anilines is 3. The van der Waals surface area contributed by atoms with Crippen molar-refractivity contribution in [2.45, 2.75) is 25.1 Å². The van der Waals surface area contributed by atoms with E-state index in [9.17, 15) is 17.7 Å². The number of fused-ring (bicyclic) bond motifs is 1. The lowest BCUT2D eigenvalue weighted by atomic mass is 10.2. The van der Waals surface area contributed by atoms with Crippen molar-refractivity contribution in [3.05, 3.63) is 30.0 Å². The summed E-state index contributed by atoms with van der Waals surface area (Å²) in [6.07, 6.45) is 0.0610. The minimum absolute atomic E-state index is 0.0283. The molecule has 1 aliphatic heterocycles. The highest BCUT2D eigenvalue weighted by Crippen LogP contribution is 2.49. The molecule has 2 aliphatic rings. The predicted octanol–water partition coefficient (Wildman–Crippen LogP) is 4.25. The predicted molar refractivity (Wildman–Crippen MR) is 137 cm³/mol. The van der Waals surface area contributed by atoms with Gasteiger partial charge in [-0.3, -0.25) is 4.90 Å². The molecule has 0 radical (unpaired) electrons. The van der Waals surface area contributed by atoms with Crippen molar-refractivity contribution < 1.29 is 27.2 Å². The van der Waals surface area contributed by atoms with Crippen LogP contribution in [0.1, 0.15) is 18.4 Å². The molecule has 1 aliphatic carbocycles. The highest BCUT2D eigenvalue weighted by molar-refractivity contribution is 7.71. The molecule has 200 valence electrons. The fraction of sp³-hybridized carbons (Fsp3) is 0.500. The summed E-state index contributed by atoms with van der Waals surface area (Å²) < 4.78 is 65.0. The Morgan fingerprint density at radius 3 is 2.59 bits per heavy atom. The number of nitrogens with zero attached hydrogens (tertiary/aromatic N) is 3. The highest BCUT2D eigenvalue weighted by Gasteiger charge is 2.37. The van der Waals surface area contributed by atoms with E-state index in [2.05, 4.69) is 30.5 Å². The third-order valence-corrected chi connectivity index (χ3v) is 9.96. The van der Waals surface area contributed by atoms with Crippen molar-refractivity contribution in [2.75, 3.05) is 63.4 Å². The van der Waals surface area contributed by atoms with Crippen LogP contribution in [0.3, 0.4) is 0 Å². The summed E-state index contributed by atoms with van der Waals surface area (Å²) in [6, 6.07) is 6.02. The first-order valence-electron chi connectivity index (χ1n) is 12.2.